The molecule has 0 N–H and O–H groups in total. The Morgan fingerprint density at radius 3 is 1.96 bits per heavy atom. The molecule has 1 heterocycles. The lowest BCUT2D eigenvalue weighted by Crippen LogP contribution is -2.45. The molecular weight excluding hydrogens is 296 g/mol. The first-order chi connectivity index (χ1) is 11.6. The molecule has 3 heteroatoms. The van der Waals surface area contributed by atoms with Gasteiger partial charge in [0.15, 0.2) is 5.78 Å². The summed E-state index contributed by atoms with van der Waals surface area (Å²) in [6, 6.07) is 16.8. The average Bonchev–Trinajstić information content (AvgIpc) is 2.57. The Labute approximate surface area is 144 Å². The molecule has 2 aromatic rings. The minimum atomic E-state index is 0.139. The lowest BCUT2D eigenvalue weighted by atomic mass is 10.1. The van der Waals surface area contributed by atoms with E-state index in [1.807, 2.05) is 18.2 Å². The lowest BCUT2D eigenvalue weighted by Gasteiger charge is -2.34. The van der Waals surface area contributed by atoms with Crippen LogP contribution in [0.1, 0.15) is 34.0 Å². The van der Waals surface area contributed by atoms with Crippen LogP contribution in [0, 0.1) is 6.92 Å². The number of carbonyl (C=O) groups is 1. The predicted molar refractivity (Wildman–Crippen MR) is 98.2 cm³/mol. The zero-order valence-corrected chi connectivity index (χ0v) is 14.7. The monoisotopic (exact) mass is 322 g/mol. The zero-order chi connectivity index (χ0) is 16.9. The number of carbonyl (C=O) groups excluding carboxylic acids is 1. The molecule has 0 aromatic heterocycles. The van der Waals surface area contributed by atoms with Crippen molar-refractivity contribution in [2.45, 2.75) is 26.9 Å². The summed E-state index contributed by atoms with van der Waals surface area (Å²) < 4.78 is 0. The maximum absolute atomic E-state index is 11.5. The fraction of sp³-hybridized carbons (Fsp3) is 0.381. The van der Waals surface area contributed by atoms with Gasteiger partial charge in [-0.25, -0.2) is 0 Å². The van der Waals surface area contributed by atoms with Gasteiger partial charge >= 0.3 is 0 Å². The number of nitrogens with zero attached hydrogens (tertiary/aromatic N) is 2. The molecule has 0 radical (unpaired) electrons. The van der Waals surface area contributed by atoms with Gasteiger partial charge in [0.25, 0.3) is 0 Å². The van der Waals surface area contributed by atoms with E-state index >= 15 is 0 Å². The summed E-state index contributed by atoms with van der Waals surface area (Å²) in [5, 5.41) is 0. The van der Waals surface area contributed by atoms with Crippen LogP contribution in [0.2, 0.25) is 0 Å². The molecule has 2 aromatic carbocycles. The highest BCUT2D eigenvalue weighted by Crippen LogP contribution is 2.13. The Morgan fingerprint density at radius 1 is 0.875 bits per heavy atom. The van der Waals surface area contributed by atoms with Gasteiger partial charge in [0.2, 0.25) is 0 Å². The fourth-order valence-corrected chi connectivity index (χ4v) is 3.32. The predicted octanol–water partition coefficient (Wildman–Crippen LogP) is 3.52. The molecule has 3 nitrogen and oxygen atoms in total. The Balaban J connectivity index is 1.52. The van der Waals surface area contributed by atoms with Crippen molar-refractivity contribution in [3.8, 4) is 0 Å². The second-order valence-electron chi connectivity index (χ2n) is 6.80. The summed E-state index contributed by atoms with van der Waals surface area (Å²) in [4.78, 5) is 16.5. The van der Waals surface area contributed by atoms with Crippen LogP contribution in [0.5, 0.6) is 0 Å². The third kappa shape index (κ3) is 4.53. The molecule has 0 atom stereocenters. The second-order valence-corrected chi connectivity index (χ2v) is 6.80. The Bertz CT molecular complexity index is 702. The largest absolute Gasteiger partial charge is 0.297 e. The van der Waals surface area contributed by atoms with Gasteiger partial charge in [0.1, 0.15) is 0 Å². The van der Waals surface area contributed by atoms with Crippen molar-refractivity contribution in [1.29, 1.82) is 0 Å². The van der Waals surface area contributed by atoms with E-state index in [1.54, 1.807) is 6.92 Å². The SMILES string of the molecule is CC(=O)c1cccc(CN2CCN(Cc3cccc(C)c3)CC2)c1. The topological polar surface area (TPSA) is 23.6 Å². The van der Waals surface area contributed by atoms with Gasteiger partial charge in [-0.05, 0) is 31.0 Å². The number of benzene rings is 2. The highest BCUT2D eigenvalue weighted by molar-refractivity contribution is 5.94. The quantitative estimate of drug-likeness (QED) is 0.787. The van der Waals surface area contributed by atoms with Gasteiger partial charge in [0, 0.05) is 44.8 Å². The number of rotatable bonds is 5. The van der Waals surface area contributed by atoms with E-state index in [-0.39, 0.29) is 5.78 Å². The van der Waals surface area contributed by atoms with Crippen molar-refractivity contribution in [2.24, 2.45) is 0 Å². The first kappa shape index (κ1) is 16.9. The maximum Gasteiger partial charge on any atom is 0.159 e. The molecule has 126 valence electrons. The number of Topliss-reactive ketones (excluding diaryl/α,β-unsaturated/α-hetero) is 1. The number of aryl methyl sites for hydroxylation is 1. The van der Waals surface area contributed by atoms with E-state index in [9.17, 15) is 4.79 Å². The minimum Gasteiger partial charge on any atom is -0.297 e. The molecule has 0 spiro atoms. The van der Waals surface area contributed by atoms with Gasteiger partial charge in [-0.1, -0.05) is 48.0 Å². The Morgan fingerprint density at radius 2 is 1.42 bits per heavy atom. The van der Waals surface area contributed by atoms with Crippen LogP contribution in [-0.4, -0.2) is 41.8 Å². The smallest absolute Gasteiger partial charge is 0.159 e. The van der Waals surface area contributed by atoms with Gasteiger partial charge in [-0.15, -0.1) is 0 Å². The normalized spacial score (nSPS) is 16.2. The first-order valence-electron chi connectivity index (χ1n) is 8.70. The molecule has 1 saturated heterocycles. The molecule has 3 rings (SSSR count). The van der Waals surface area contributed by atoms with Crippen LogP contribution < -0.4 is 0 Å². The van der Waals surface area contributed by atoms with Crippen molar-refractivity contribution < 1.29 is 4.79 Å². The van der Waals surface area contributed by atoms with Crippen LogP contribution in [0.25, 0.3) is 0 Å². The molecule has 0 aliphatic carbocycles. The van der Waals surface area contributed by atoms with E-state index in [2.05, 4.69) is 47.1 Å². The summed E-state index contributed by atoms with van der Waals surface area (Å²) in [6.07, 6.45) is 0. The zero-order valence-electron chi connectivity index (χ0n) is 14.7. The van der Waals surface area contributed by atoms with Gasteiger partial charge < -0.3 is 0 Å². The van der Waals surface area contributed by atoms with Crippen molar-refractivity contribution in [3.05, 3.63) is 70.8 Å². The standard InChI is InChI=1S/C21H26N2O/c1-17-5-3-6-19(13-17)15-22-9-11-23(12-10-22)16-20-7-4-8-21(14-20)18(2)24/h3-8,13-14H,9-12,15-16H2,1-2H3. The van der Waals surface area contributed by atoms with Gasteiger partial charge in [0.05, 0.1) is 0 Å². The fourth-order valence-electron chi connectivity index (χ4n) is 3.32. The van der Waals surface area contributed by atoms with E-state index < -0.39 is 0 Å². The van der Waals surface area contributed by atoms with Crippen molar-refractivity contribution >= 4 is 5.78 Å². The van der Waals surface area contributed by atoms with Crippen LogP contribution in [-0.2, 0) is 13.1 Å². The number of hydrogen-bond acceptors (Lipinski definition) is 3. The van der Waals surface area contributed by atoms with Crippen LogP contribution in [0.4, 0.5) is 0 Å². The van der Waals surface area contributed by atoms with Gasteiger partial charge in [-0.3, -0.25) is 14.6 Å². The first-order valence-corrected chi connectivity index (χ1v) is 8.70. The lowest BCUT2D eigenvalue weighted by molar-refractivity contribution is 0.101. The average molecular weight is 322 g/mol. The summed E-state index contributed by atoms with van der Waals surface area (Å²) in [7, 11) is 0. The molecule has 0 amide bonds. The van der Waals surface area contributed by atoms with E-state index in [1.165, 1.54) is 16.7 Å². The second kappa shape index (κ2) is 7.73. The van der Waals surface area contributed by atoms with Crippen molar-refractivity contribution in [3.63, 3.8) is 0 Å². The third-order valence-electron chi connectivity index (χ3n) is 4.69. The van der Waals surface area contributed by atoms with E-state index in [0.29, 0.717) is 0 Å². The van der Waals surface area contributed by atoms with Crippen molar-refractivity contribution in [2.75, 3.05) is 26.2 Å². The van der Waals surface area contributed by atoms with Crippen LogP contribution in [0.3, 0.4) is 0 Å². The number of ketones is 1. The highest BCUT2D eigenvalue weighted by atomic mass is 16.1. The van der Waals surface area contributed by atoms with E-state index in [0.717, 1.165) is 44.8 Å². The molecule has 0 unspecified atom stereocenters. The molecule has 1 fully saturated rings. The molecule has 1 aliphatic heterocycles. The third-order valence-corrected chi connectivity index (χ3v) is 4.69. The Hall–Kier alpha value is -1.97. The summed E-state index contributed by atoms with van der Waals surface area (Å²) in [6.45, 7) is 10.1. The van der Waals surface area contributed by atoms with Crippen LogP contribution in [0.15, 0.2) is 48.5 Å². The maximum atomic E-state index is 11.5. The summed E-state index contributed by atoms with van der Waals surface area (Å²) in [5.74, 6) is 0.139. The highest BCUT2D eigenvalue weighted by Gasteiger charge is 2.17. The Kier molecular flexibility index (Phi) is 5.44. The molecular formula is C21H26N2O. The van der Waals surface area contributed by atoms with Crippen molar-refractivity contribution in [1.82, 2.24) is 9.80 Å². The molecule has 0 bridgehead atoms. The van der Waals surface area contributed by atoms with Crippen LogP contribution >= 0.6 is 0 Å². The number of hydrogen-bond donors (Lipinski definition) is 0. The minimum absolute atomic E-state index is 0.139. The molecule has 1 aliphatic rings. The van der Waals surface area contributed by atoms with Gasteiger partial charge in [-0.2, -0.15) is 0 Å². The molecule has 24 heavy (non-hydrogen) atoms. The summed E-state index contributed by atoms with van der Waals surface area (Å²) in [5.41, 5.74) is 4.77. The van der Waals surface area contributed by atoms with E-state index in [4.69, 9.17) is 0 Å². The molecule has 0 saturated carbocycles. The summed E-state index contributed by atoms with van der Waals surface area (Å²) >= 11 is 0. The number of piperazine rings is 1.